The maximum absolute atomic E-state index is 12.6. The molecule has 4 aromatic rings. The molecule has 1 aromatic carbocycles. The Morgan fingerprint density at radius 1 is 1.19 bits per heavy atom. The summed E-state index contributed by atoms with van der Waals surface area (Å²) >= 11 is 7.32. The molecule has 0 bridgehead atoms. The zero-order chi connectivity index (χ0) is 22.0. The number of amides is 2. The fourth-order valence-electron chi connectivity index (χ4n) is 2.98. The first kappa shape index (κ1) is 20.8. The lowest BCUT2D eigenvalue weighted by molar-refractivity contribution is -0.115. The van der Waals surface area contributed by atoms with Crippen LogP contribution in [-0.4, -0.2) is 26.6 Å². The van der Waals surface area contributed by atoms with Crippen LogP contribution in [0.15, 0.2) is 52.5 Å². The van der Waals surface area contributed by atoms with Crippen molar-refractivity contribution in [1.29, 1.82) is 0 Å². The van der Waals surface area contributed by atoms with Crippen LogP contribution in [0.5, 0.6) is 0 Å². The molecule has 0 saturated carbocycles. The van der Waals surface area contributed by atoms with Crippen LogP contribution in [0.25, 0.3) is 5.69 Å². The molecule has 0 atom stereocenters. The Hall–Kier alpha value is -3.43. The lowest BCUT2D eigenvalue weighted by Gasteiger charge is -2.08. The molecule has 0 unspecified atom stereocenters. The van der Waals surface area contributed by atoms with Gasteiger partial charge < -0.3 is 9.73 Å². The number of hydrogen-bond acceptors (Lipinski definition) is 6. The second-order valence-corrected chi connectivity index (χ2v) is 8.07. The van der Waals surface area contributed by atoms with Gasteiger partial charge in [0.05, 0.1) is 35.3 Å². The van der Waals surface area contributed by atoms with Crippen molar-refractivity contribution < 1.29 is 14.0 Å². The normalized spacial score (nSPS) is 10.8. The Bertz CT molecular complexity index is 1260. The number of aromatic nitrogens is 3. The van der Waals surface area contributed by atoms with E-state index in [9.17, 15) is 9.59 Å². The number of furan rings is 1. The van der Waals surface area contributed by atoms with Crippen molar-refractivity contribution in [3.63, 3.8) is 0 Å². The van der Waals surface area contributed by atoms with Crippen LogP contribution in [0.2, 0.25) is 5.02 Å². The van der Waals surface area contributed by atoms with Gasteiger partial charge in [-0.2, -0.15) is 5.10 Å². The summed E-state index contributed by atoms with van der Waals surface area (Å²) < 4.78 is 6.77. The maximum Gasteiger partial charge on any atom is 0.260 e. The maximum atomic E-state index is 12.6. The number of rotatable bonds is 6. The van der Waals surface area contributed by atoms with Gasteiger partial charge in [0.25, 0.3) is 5.91 Å². The summed E-state index contributed by atoms with van der Waals surface area (Å²) in [5.74, 6) is 0.499. The fraction of sp³-hybridized carbons (Fsp3) is 0.143. The number of nitrogens with zero attached hydrogens (tertiary/aromatic N) is 3. The van der Waals surface area contributed by atoms with Crippen LogP contribution < -0.4 is 10.6 Å². The minimum Gasteiger partial charge on any atom is -0.469 e. The highest BCUT2D eigenvalue weighted by molar-refractivity contribution is 7.14. The first-order valence-electron chi connectivity index (χ1n) is 9.31. The van der Waals surface area contributed by atoms with E-state index in [1.165, 1.54) is 17.6 Å². The van der Waals surface area contributed by atoms with E-state index in [0.29, 0.717) is 33.0 Å². The molecule has 2 N–H and O–H groups in total. The predicted molar refractivity (Wildman–Crippen MR) is 119 cm³/mol. The minimum absolute atomic E-state index is 0.0525. The third kappa shape index (κ3) is 4.84. The van der Waals surface area contributed by atoms with Gasteiger partial charge >= 0.3 is 0 Å². The topological polar surface area (TPSA) is 102 Å². The van der Waals surface area contributed by atoms with E-state index in [0.717, 1.165) is 11.4 Å². The molecule has 0 aliphatic rings. The van der Waals surface area contributed by atoms with Crippen LogP contribution >= 0.6 is 22.9 Å². The molecule has 0 saturated heterocycles. The van der Waals surface area contributed by atoms with E-state index in [1.54, 1.807) is 41.3 Å². The summed E-state index contributed by atoms with van der Waals surface area (Å²) in [6.07, 6.45) is 1.51. The van der Waals surface area contributed by atoms with Crippen molar-refractivity contribution in [2.75, 3.05) is 10.6 Å². The molecule has 8 nitrogen and oxygen atoms in total. The first-order valence-corrected chi connectivity index (χ1v) is 10.6. The van der Waals surface area contributed by atoms with Crippen molar-refractivity contribution >= 4 is 45.7 Å². The van der Waals surface area contributed by atoms with Crippen molar-refractivity contribution in [2.24, 2.45) is 0 Å². The van der Waals surface area contributed by atoms with Crippen LogP contribution in [0.4, 0.5) is 10.9 Å². The number of benzene rings is 1. The lowest BCUT2D eigenvalue weighted by Crippen LogP contribution is -2.17. The predicted octanol–water partition coefficient (Wildman–Crippen LogP) is 4.63. The van der Waals surface area contributed by atoms with Gasteiger partial charge in [0.2, 0.25) is 5.91 Å². The van der Waals surface area contributed by atoms with Gasteiger partial charge in [-0.05, 0) is 38.1 Å². The summed E-state index contributed by atoms with van der Waals surface area (Å²) in [5, 5.41) is 12.7. The largest absolute Gasteiger partial charge is 0.469 e. The molecule has 0 aliphatic carbocycles. The summed E-state index contributed by atoms with van der Waals surface area (Å²) in [6.45, 7) is 3.55. The molecular formula is C21H18ClN5O3S. The van der Waals surface area contributed by atoms with Crippen molar-refractivity contribution in [1.82, 2.24) is 14.8 Å². The number of carbonyl (C=O) groups is 2. The zero-order valence-electron chi connectivity index (χ0n) is 16.7. The molecule has 31 heavy (non-hydrogen) atoms. The summed E-state index contributed by atoms with van der Waals surface area (Å²) in [7, 11) is 0. The van der Waals surface area contributed by atoms with E-state index in [-0.39, 0.29) is 18.2 Å². The summed E-state index contributed by atoms with van der Waals surface area (Å²) in [5.41, 5.74) is 2.49. The Balaban J connectivity index is 1.42. The van der Waals surface area contributed by atoms with Gasteiger partial charge in [-0.3, -0.25) is 14.9 Å². The molecule has 0 spiro atoms. The number of nitrogens with one attached hydrogen (secondary N) is 2. The highest BCUT2D eigenvalue weighted by Crippen LogP contribution is 2.21. The van der Waals surface area contributed by atoms with Crippen molar-refractivity contribution in [2.45, 2.75) is 20.3 Å². The number of hydrogen-bond donors (Lipinski definition) is 2. The van der Waals surface area contributed by atoms with Crippen LogP contribution in [0.1, 0.15) is 27.5 Å². The van der Waals surface area contributed by atoms with Crippen LogP contribution in [-0.2, 0) is 11.2 Å². The number of halogens is 1. The molecule has 3 heterocycles. The fourth-order valence-corrected chi connectivity index (χ4v) is 3.87. The third-order valence-electron chi connectivity index (χ3n) is 4.37. The standard InChI is InChI=1S/C21H18ClN5O3S/c1-12-8-18(27(26-12)16-5-3-4-14(22)9-16)24-19(28)10-15-11-31-21(23-15)25-20(29)17-6-7-30-13(17)2/h3-9,11H,10H2,1-2H3,(H,24,28)(H,23,25,29). The first-order chi connectivity index (χ1) is 14.9. The molecule has 0 fully saturated rings. The van der Waals surface area contributed by atoms with Gasteiger partial charge in [0.1, 0.15) is 11.6 Å². The SMILES string of the molecule is Cc1cc(NC(=O)Cc2csc(NC(=O)c3ccoc3C)n2)n(-c2cccc(Cl)c2)n1. The lowest BCUT2D eigenvalue weighted by atomic mass is 10.2. The molecule has 0 aliphatic heterocycles. The summed E-state index contributed by atoms with van der Waals surface area (Å²) in [6, 6.07) is 10.6. The summed E-state index contributed by atoms with van der Waals surface area (Å²) in [4.78, 5) is 29.2. The molecular weight excluding hydrogens is 438 g/mol. The van der Waals surface area contributed by atoms with Crippen LogP contribution in [0.3, 0.4) is 0 Å². The Morgan fingerprint density at radius 2 is 2.03 bits per heavy atom. The highest BCUT2D eigenvalue weighted by atomic mass is 35.5. The van der Waals surface area contributed by atoms with Gasteiger partial charge in [0.15, 0.2) is 5.13 Å². The van der Waals surface area contributed by atoms with Crippen molar-refractivity contribution in [3.05, 3.63) is 75.8 Å². The van der Waals surface area contributed by atoms with Crippen LogP contribution in [0, 0.1) is 13.8 Å². The molecule has 2 amide bonds. The van der Waals surface area contributed by atoms with E-state index >= 15 is 0 Å². The third-order valence-corrected chi connectivity index (χ3v) is 5.41. The number of thiazole rings is 1. The molecule has 158 valence electrons. The van der Waals surface area contributed by atoms with E-state index in [1.807, 2.05) is 19.1 Å². The Labute approximate surface area is 186 Å². The average Bonchev–Trinajstić information content (AvgIpc) is 3.42. The van der Waals surface area contributed by atoms with Gasteiger partial charge in [0, 0.05) is 16.5 Å². The molecule has 0 radical (unpaired) electrons. The highest BCUT2D eigenvalue weighted by Gasteiger charge is 2.16. The molecule has 3 aromatic heterocycles. The average molecular weight is 456 g/mol. The van der Waals surface area contributed by atoms with E-state index < -0.39 is 0 Å². The number of anilines is 2. The second-order valence-electron chi connectivity index (χ2n) is 6.78. The van der Waals surface area contributed by atoms with Gasteiger partial charge in [-0.25, -0.2) is 9.67 Å². The van der Waals surface area contributed by atoms with Crippen molar-refractivity contribution in [3.8, 4) is 5.69 Å². The molecule has 4 rings (SSSR count). The van der Waals surface area contributed by atoms with E-state index in [4.69, 9.17) is 16.0 Å². The number of aryl methyl sites for hydroxylation is 2. The number of carbonyl (C=O) groups excluding carboxylic acids is 2. The second kappa shape index (κ2) is 8.75. The molecule has 10 heteroatoms. The quantitative estimate of drug-likeness (QED) is 0.441. The monoisotopic (exact) mass is 455 g/mol. The minimum atomic E-state index is -0.308. The Kier molecular flexibility index (Phi) is 5.88. The van der Waals surface area contributed by atoms with E-state index in [2.05, 4.69) is 20.7 Å². The smallest absolute Gasteiger partial charge is 0.260 e. The van der Waals surface area contributed by atoms with Gasteiger partial charge in [-0.1, -0.05) is 17.7 Å². The van der Waals surface area contributed by atoms with Gasteiger partial charge in [-0.15, -0.1) is 11.3 Å². The Morgan fingerprint density at radius 3 is 2.77 bits per heavy atom. The zero-order valence-corrected chi connectivity index (χ0v) is 18.3.